The fourth-order valence-corrected chi connectivity index (χ4v) is 2.35. The molecule has 0 aliphatic carbocycles. The quantitative estimate of drug-likeness (QED) is 0.840. The van der Waals surface area contributed by atoms with Gasteiger partial charge < -0.3 is 11.1 Å². The molecule has 3 N–H and O–H groups in total. The Morgan fingerprint density at radius 1 is 1.21 bits per heavy atom. The molecule has 0 aliphatic rings. The highest BCUT2D eigenvalue weighted by Crippen LogP contribution is 2.26. The minimum absolute atomic E-state index is 0.0239. The smallest absolute Gasteiger partial charge is 0.238 e. The molecule has 0 saturated carbocycles. The second-order valence-corrected chi connectivity index (χ2v) is 4.64. The van der Waals surface area contributed by atoms with Crippen LogP contribution in [0.3, 0.4) is 0 Å². The number of benzene rings is 1. The van der Waals surface area contributed by atoms with Crippen LogP contribution in [-0.2, 0) is 4.79 Å². The molecular weight excluding hydrogens is 267 g/mol. The molecule has 0 unspecified atom stereocenters. The Hall–Kier alpha value is -2.05. The van der Waals surface area contributed by atoms with Gasteiger partial charge in [0.25, 0.3) is 0 Å². The molecule has 0 fully saturated rings. The Morgan fingerprint density at radius 3 is 2.63 bits per heavy atom. The highest BCUT2D eigenvalue weighted by atomic mass is 32.1. The zero-order valence-electron chi connectivity index (χ0n) is 9.85. The summed E-state index contributed by atoms with van der Waals surface area (Å²) in [6.07, 6.45) is 0. The lowest BCUT2D eigenvalue weighted by Crippen LogP contribution is -2.22. The second kappa shape index (κ2) is 5.73. The lowest BCUT2D eigenvalue weighted by molar-refractivity contribution is -0.114. The summed E-state index contributed by atoms with van der Waals surface area (Å²) in [6.45, 7) is -0.175. The molecule has 2 aromatic rings. The van der Waals surface area contributed by atoms with Crippen LogP contribution in [0, 0.1) is 5.82 Å². The topological polar surface area (TPSA) is 72.2 Å². The van der Waals surface area contributed by atoms with Crippen molar-refractivity contribution in [2.45, 2.75) is 0 Å². The lowest BCUT2D eigenvalue weighted by Gasteiger charge is -2.05. The number of hydrogen-bond acceptors (Lipinski definition) is 4. The normalized spacial score (nSPS) is 10.2. The number of thiophene rings is 1. The maximum absolute atomic E-state index is 13.6. The van der Waals surface area contributed by atoms with Gasteiger partial charge in [-0.25, -0.2) is 4.39 Å². The standard InChI is InChI=1S/C13H11FN2O2S/c14-10-4-2-1-3-8(10)12(18)9-5-6-19-13(9)16-11(17)7-15/h1-6H,7,15H2,(H,16,17). The Morgan fingerprint density at radius 2 is 1.95 bits per heavy atom. The van der Waals surface area contributed by atoms with Crippen molar-refractivity contribution in [3.05, 3.63) is 52.7 Å². The number of hydrogen-bond donors (Lipinski definition) is 2. The van der Waals surface area contributed by atoms with Crippen LogP contribution < -0.4 is 11.1 Å². The molecule has 4 nitrogen and oxygen atoms in total. The first-order valence-corrected chi connectivity index (χ1v) is 6.38. The van der Waals surface area contributed by atoms with Gasteiger partial charge in [-0.15, -0.1) is 11.3 Å². The molecule has 0 radical (unpaired) electrons. The first-order valence-electron chi connectivity index (χ1n) is 5.50. The molecule has 98 valence electrons. The van der Waals surface area contributed by atoms with Gasteiger partial charge in [-0.1, -0.05) is 12.1 Å². The van der Waals surface area contributed by atoms with Crippen LogP contribution in [0.15, 0.2) is 35.7 Å². The largest absolute Gasteiger partial charge is 0.322 e. The Balaban J connectivity index is 2.33. The van der Waals surface area contributed by atoms with Gasteiger partial charge in [0.15, 0.2) is 5.78 Å². The van der Waals surface area contributed by atoms with Crippen molar-refractivity contribution in [2.24, 2.45) is 5.73 Å². The van der Waals surface area contributed by atoms with E-state index in [0.717, 1.165) is 0 Å². The van der Waals surface area contributed by atoms with E-state index >= 15 is 0 Å². The maximum Gasteiger partial charge on any atom is 0.238 e. The lowest BCUT2D eigenvalue weighted by atomic mass is 10.1. The number of nitrogens with one attached hydrogen (secondary N) is 1. The SMILES string of the molecule is NCC(=O)Nc1sccc1C(=O)c1ccccc1F. The third-order valence-corrected chi connectivity index (χ3v) is 3.30. The number of carbonyl (C=O) groups excluding carboxylic acids is 2. The first-order chi connectivity index (χ1) is 9.13. The number of anilines is 1. The van der Waals surface area contributed by atoms with Gasteiger partial charge in [-0.05, 0) is 23.6 Å². The van der Waals surface area contributed by atoms with Crippen molar-refractivity contribution in [3.8, 4) is 0 Å². The van der Waals surface area contributed by atoms with E-state index in [0.29, 0.717) is 5.00 Å². The first kappa shape index (κ1) is 13.4. The van der Waals surface area contributed by atoms with Crippen molar-refractivity contribution >= 4 is 28.0 Å². The summed E-state index contributed by atoms with van der Waals surface area (Å²) in [6, 6.07) is 7.27. The molecule has 0 saturated heterocycles. The third-order valence-electron chi connectivity index (χ3n) is 2.47. The molecule has 1 aromatic heterocycles. The minimum atomic E-state index is -0.588. The molecule has 0 atom stereocenters. The van der Waals surface area contributed by atoms with E-state index in [9.17, 15) is 14.0 Å². The van der Waals surface area contributed by atoms with E-state index < -0.39 is 17.5 Å². The number of nitrogens with two attached hydrogens (primary N) is 1. The number of ketones is 1. The molecule has 0 spiro atoms. The second-order valence-electron chi connectivity index (χ2n) is 3.72. The van der Waals surface area contributed by atoms with E-state index in [1.165, 1.54) is 29.5 Å². The molecule has 1 heterocycles. The van der Waals surface area contributed by atoms with Gasteiger partial charge in [-0.3, -0.25) is 9.59 Å². The Labute approximate surface area is 113 Å². The van der Waals surface area contributed by atoms with Crippen LogP contribution in [0.2, 0.25) is 0 Å². The molecule has 1 aromatic carbocycles. The molecule has 2 rings (SSSR count). The van der Waals surface area contributed by atoms with Gasteiger partial charge >= 0.3 is 0 Å². The van der Waals surface area contributed by atoms with Gasteiger partial charge in [0.1, 0.15) is 10.8 Å². The Bertz CT molecular complexity index is 625. The predicted molar refractivity (Wildman–Crippen MR) is 71.8 cm³/mol. The van der Waals surface area contributed by atoms with Gasteiger partial charge in [0.05, 0.1) is 17.7 Å². The monoisotopic (exact) mass is 278 g/mol. The average Bonchev–Trinajstić information content (AvgIpc) is 2.86. The van der Waals surface area contributed by atoms with Crippen molar-refractivity contribution in [1.82, 2.24) is 0 Å². The molecule has 0 bridgehead atoms. The van der Waals surface area contributed by atoms with Crippen LogP contribution in [0.25, 0.3) is 0 Å². The van der Waals surface area contributed by atoms with E-state index in [-0.39, 0.29) is 17.7 Å². The zero-order chi connectivity index (χ0) is 13.8. The van der Waals surface area contributed by atoms with Gasteiger partial charge in [0.2, 0.25) is 5.91 Å². The fourth-order valence-electron chi connectivity index (χ4n) is 1.55. The van der Waals surface area contributed by atoms with Crippen LogP contribution >= 0.6 is 11.3 Å². The van der Waals surface area contributed by atoms with Crippen molar-refractivity contribution in [1.29, 1.82) is 0 Å². The predicted octanol–water partition coefficient (Wildman–Crippen LogP) is 2.02. The van der Waals surface area contributed by atoms with Crippen LogP contribution in [0.5, 0.6) is 0 Å². The number of amides is 1. The highest BCUT2D eigenvalue weighted by molar-refractivity contribution is 7.14. The van der Waals surface area contributed by atoms with Gasteiger partial charge in [-0.2, -0.15) is 0 Å². The van der Waals surface area contributed by atoms with Gasteiger partial charge in [0, 0.05) is 0 Å². The number of carbonyl (C=O) groups is 2. The fraction of sp³-hybridized carbons (Fsp3) is 0.0769. The molecule has 0 aliphatic heterocycles. The van der Waals surface area contributed by atoms with Crippen molar-refractivity contribution in [3.63, 3.8) is 0 Å². The summed E-state index contributed by atoms with van der Waals surface area (Å²) in [7, 11) is 0. The summed E-state index contributed by atoms with van der Waals surface area (Å²) in [5, 5.41) is 4.55. The van der Waals surface area contributed by atoms with Crippen LogP contribution in [0.4, 0.5) is 9.39 Å². The average molecular weight is 278 g/mol. The number of halogens is 1. The Kier molecular flexibility index (Phi) is 4.03. The zero-order valence-corrected chi connectivity index (χ0v) is 10.7. The van der Waals surface area contributed by atoms with E-state index in [2.05, 4.69) is 5.32 Å². The van der Waals surface area contributed by atoms with E-state index in [1.807, 2.05) is 0 Å². The van der Waals surface area contributed by atoms with E-state index in [4.69, 9.17) is 5.73 Å². The summed E-state index contributed by atoms with van der Waals surface area (Å²) >= 11 is 1.19. The summed E-state index contributed by atoms with van der Waals surface area (Å²) in [4.78, 5) is 23.4. The van der Waals surface area contributed by atoms with Crippen molar-refractivity contribution < 1.29 is 14.0 Å². The molecule has 19 heavy (non-hydrogen) atoms. The van der Waals surface area contributed by atoms with Crippen molar-refractivity contribution in [2.75, 3.05) is 11.9 Å². The maximum atomic E-state index is 13.6. The summed E-state index contributed by atoms with van der Waals surface area (Å²) < 4.78 is 13.6. The van der Waals surface area contributed by atoms with E-state index in [1.54, 1.807) is 17.5 Å². The molecular formula is C13H11FN2O2S. The highest BCUT2D eigenvalue weighted by Gasteiger charge is 2.18. The van der Waals surface area contributed by atoms with Crippen LogP contribution in [0.1, 0.15) is 15.9 Å². The molecule has 1 amide bonds. The minimum Gasteiger partial charge on any atom is -0.322 e. The summed E-state index contributed by atoms with van der Waals surface area (Å²) in [5.41, 5.74) is 5.43. The van der Waals surface area contributed by atoms with Crippen LogP contribution in [-0.4, -0.2) is 18.2 Å². The number of rotatable bonds is 4. The summed E-state index contributed by atoms with van der Waals surface area (Å²) in [5.74, 6) is -1.45. The molecule has 6 heteroatoms. The third kappa shape index (κ3) is 2.86.